The number of nitriles is 1. The largest absolute Gasteiger partial charge is 0.262 e. The molecule has 0 aliphatic rings. The van der Waals surface area contributed by atoms with Gasteiger partial charge < -0.3 is 0 Å². The second-order valence-electron chi connectivity index (χ2n) is 5.02. The summed E-state index contributed by atoms with van der Waals surface area (Å²) in [7, 11) is 0. The summed E-state index contributed by atoms with van der Waals surface area (Å²) in [5.41, 5.74) is 1.50. The Morgan fingerprint density at radius 1 is 1.05 bits per heavy atom. The number of alkyl halides is 1. The highest BCUT2D eigenvalue weighted by molar-refractivity contribution is 6.13. The van der Waals surface area contributed by atoms with E-state index in [1.165, 1.54) is 0 Å². The average molecular weight is 280 g/mol. The van der Waals surface area contributed by atoms with E-state index in [0.29, 0.717) is 5.71 Å². The Bertz CT molecular complexity index is 602. The van der Waals surface area contributed by atoms with Crippen LogP contribution < -0.4 is 0 Å². The van der Waals surface area contributed by atoms with Crippen LogP contribution in [0.2, 0.25) is 0 Å². The number of halogens is 1. The molecule has 0 spiro atoms. The Kier molecular flexibility index (Phi) is 4.84. The van der Waals surface area contributed by atoms with Crippen LogP contribution in [0.15, 0.2) is 65.7 Å². The molecule has 0 aliphatic carbocycles. The van der Waals surface area contributed by atoms with Crippen LogP contribution in [0.1, 0.15) is 24.5 Å². The lowest BCUT2D eigenvalue weighted by Crippen LogP contribution is -2.23. The van der Waals surface area contributed by atoms with Crippen LogP contribution in [-0.2, 0) is 0 Å². The van der Waals surface area contributed by atoms with E-state index in [2.05, 4.69) is 11.1 Å². The van der Waals surface area contributed by atoms with Gasteiger partial charge in [-0.25, -0.2) is 0 Å². The zero-order chi connectivity index (χ0) is 15.1. The lowest BCUT2D eigenvalue weighted by molar-refractivity contribution is 0.411. The quantitative estimate of drug-likeness (QED) is 0.757. The number of hydrogen-bond acceptors (Lipinski definition) is 2. The molecule has 106 valence electrons. The van der Waals surface area contributed by atoms with Gasteiger partial charge in [0.1, 0.15) is 5.54 Å². The molecular weight excluding hydrogens is 263 g/mol. The number of hydrogen-bond donors (Lipinski definition) is 0. The van der Waals surface area contributed by atoms with Crippen molar-refractivity contribution in [1.29, 1.82) is 5.26 Å². The van der Waals surface area contributed by atoms with Crippen molar-refractivity contribution in [3.63, 3.8) is 0 Å². The van der Waals surface area contributed by atoms with Crippen molar-refractivity contribution in [3.8, 4) is 6.07 Å². The van der Waals surface area contributed by atoms with Crippen molar-refractivity contribution in [2.45, 2.75) is 18.9 Å². The van der Waals surface area contributed by atoms with Gasteiger partial charge in [-0.3, -0.25) is 9.38 Å². The molecule has 0 N–H and O–H groups in total. The van der Waals surface area contributed by atoms with Crippen LogP contribution in [0.4, 0.5) is 4.39 Å². The fourth-order valence-electron chi connectivity index (χ4n) is 2.06. The van der Waals surface area contributed by atoms with Crippen molar-refractivity contribution in [2.24, 2.45) is 4.99 Å². The second-order valence-corrected chi connectivity index (χ2v) is 5.02. The maximum absolute atomic E-state index is 12.7. The van der Waals surface area contributed by atoms with E-state index in [4.69, 9.17) is 0 Å². The van der Waals surface area contributed by atoms with Crippen LogP contribution in [0.3, 0.4) is 0 Å². The Labute approximate surface area is 124 Å². The molecule has 0 bridgehead atoms. The first-order chi connectivity index (χ1) is 10.2. The summed E-state index contributed by atoms with van der Waals surface area (Å²) in [5.74, 6) is 0. The summed E-state index contributed by atoms with van der Waals surface area (Å²) in [6.45, 7) is 1.10. The monoisotopic (exact) mass is 280 g/mol. The minimum absolute atomic E-state index is 0.0899. The van der Waals surface area contributed by atoms with Gasteiger partial charge in [0, 0.05) is 17.5 Å². The Morgan fingerprint density at radius 3 is 1.90 bits per heavy atom. The van der Waals surface area contributed by atoms with Gasteiger partial charge in [0.05, 0.1) is 18.5 Å². The van der Waals surface area contributed by atoms with Gasteiger partial charge in [-0.1, -0.05) is 60.7 Å². The molecular formula is C18H17FN2. The van der Waals surface area contributed by atoms with Crippen molar-refractivity contribution in [3.05, 3.63) is 71.8 Å². The Balaban J connectivity index is 2.55. The van der Waals surface area contributed by atoms with E-state index in [1.54, 1.807) is 6.92 Å². The standard InChI is InChI=1S/C18H17FN2/c1-18(14-20,12-13-19)21-17(15-8-4-2-5-9-15)16-10-6-3-7-11-16/h2-11H,12-13H2,1H3/t18-/m0/s1. The number of nitrogens with zero attached hydrogens (tertiary/aromatic N) is 2. The summed E-state index contributed by atoms with van der Waals surface area (Å²) in [6, 6.07) is 21.4. The molecule has 0 amide bonds. The van der Waals surface area contributed by atoms with E-state index < -0.39 is 12.2 Å². The van der Waals surface area contributed by atoms with E-state index in [0.717, 1.165) is 11.1 Å². The fourth-order valence-corrected chi connectivity index (χ4v) is 2.06. The molecule has 0 aromatic heterocycles. The van der Waals surface area contributed by atoms with Crippen molar-refractivity contribution in [2.75, 3.05) is 6.67 Å². The van der Waals surface area contributed by atoms with Crippen molar-refractivity contribution >= 4 is 5.71 Å². The summed E-state index contributed by atoms with van der Waals surface area (Å²) in [5, 5.41) is 9.34. The maximum Gasteiger partial charge on any atom is 0.147 e. The molecule has 0 heterocycles. The first kappa shape index (κ1) is 14.9. The third-order valence-electron chi connectivity index (χ3n) is 3.28. The normalized spacial score (nSPS) is 13.0. The Hall–Kier alpha value is -2.47. The third-order valence-corrected chi connectivity index (χ3v) is 3.28. The maximum atomic E-state index is 12.7. The van der Waals surface area contributed by atoms with Crippen LogP contribution in [-0.4, -0.2) is 17.9 Å². The van der Waals surface area contributed by atoms with Gasteiger partial charge in [0.25, 0.3) is 0 Å². The molecule has 0 aliphatic heterocycles. The van der Waals surface area contributed by atoms with Crippen LogP contribution in [0, 0.1) is 11.3 Å². The van der Waals surface area contributed by atoms with Gasteiger partial charge in [0.2, 0.25) is 0 Å². The molecule has 0 unspecified atom stereocenters. The molecule has 0 saturated carbocycles. The van der Waals surface area contributed by atoms with Gasteiger partial charge in [-0.15, -0.1) is 0 Å². The molecule has 0 radical (unpaired) electrons. The molecule has 2 aromatic rings. The smallest absolute Gasteiger partial charge is 0.147 e. The third kappa shape index (κ3) is 3.76. The molecule has 2 nitrogen and oxygen atoms in total. The highest BCUT2D eigenvalue weighted by atomic mass is 19.1. The summed E-state index contributed by atoms with van der Waals surface area (Å²) < 4.78 is 12.7. The number of aliphatic imine (C=N–C) groups is 1. The predicted octanol–water partition coefficient (Wildman–Crippen LogP) is 4.17. The molecule has 3 heteroatoms. The van der Waals surface area contributed by atoms with E-state index in [1.807, 2.05) is 60.7 Å². The lowest BCUT2D eigenvalue weighted by Gasteiger charge is -2.18. The number of benzene rings is 2. The summed E-state index contributed by atoms with van der Waals surface area (Å²) >= 11 is 0. The fraction of sp³-hybridized carbons (Fsp3) is 0.222. The van der Waals surface area contributed by atoms with Gasteiger partial charge >= 0.3 is 0 Å². The highest BCUT2D eigenvalue weighted by Crippen LogP contribution is 2.20. The summed E-state index contributed by atoms with van der Waals surface area (Å²) in [4.78, 5) is 4.57. The molecule has 2 aromatic carbocycles. The SMILES string of the molecule is C[C@@](C#N)(CCF)N=C(c1ccccc1)c1ccccc1. The van der Waals surface area contributed by atoms with Gasteiger partial charge in [-0.2, -0.15) is 5.26 Å². The van der Waals surface area contributed by atoms with E-state index in [9.17, 15) is 9.65 Å². The molecule has 0 saturated heterocycles. The van der Waals surface area contributed by atoms with Gasteiger partial charge in [-0.05, 0) is 6.92 Å². The minimum atomic E-state index is -1.06. The predicted molar refractivity (Wildman–Crippen MR) is 83.1 cm³/mol. The highest BCUT2D eigenvalue weighted by Gasteiger charge is 2.24. The van der Waals surface area contributed by atoms with Crippen molar-refractivity contribution < 1.29 is 4.39 Å². The average Bonchev–Trinajstić information content (AvgIpc) is 2.55. The van der Waals surface area contributed by atoms with Gasteiger partial charge in [0.15, 0.2) is 0 Å². The van der Waals surface area contributed by atoms with E-state index in [-0.39, 0.29) is 6.42 Å². The topological polar surface area (TPSA) is 36.1 Å². The van der Waals surface area contributed by atoms with Crippen LogP contribution >= 0.6 is 0 Å². The van der Waals surface area contributed by atoms with E-state index >= 15 is 0 Å². The van der Waals surface area contributed by atoms with Crippen LogP contribution in [0.5, 0.6) is 0 Å². The lowest BCUT2D eigenvalue weighted by atomic mass is 9.97. The minimum Gasteiger partial charge on any atom is -0.262 e. The molecule has 0 fully saturated rings. The molecule has 21 heavy (non-hydrogen) atoms. The van der Waals surface area contributed by atoms with Crippen molar-refractivity contribution in [1.82, 2.24) is 0 Å². The summed E-state index contributed by atoms with van der Waals surface area (Å²) in [6.07, 6.45) is 0.0899. The zero-order valence-electron chi connectivity index (χ0n) is 12.0. The zero-order valence-corrected chi connectivity index (χ0v) is 12.0. The molecule has 2 rings (SSSR count). The van der Waals surface area contributed by atoms with Crippen LogP contribution in [0.25, 0.3) is 0 Å². The molecule has 1 atom stereocenters. The number of rotatable bonds is 5. The first-order valence-electron chi connectivity index (χ1n) is 6.86. The second kappa shape index (κ2) is 6.81. The Morgan fingerprint density at radius 2 is 1.52 bits per heavy atom. The first-order valence-corrected chi connectivity index (χ1v) is 6.86.